The largest absolute Gasteiger partial charge is 0.351 e. The van der Waals surface area contributed by atoms with E-state index in [1.807, 2.05) is 36.2 Å². The monoisotopic (exact) mass is 325 g/mol. The quantitative estimate of drug-likeness (QED) is 0.844. The second-order valence-electron chi connectivity index (χ2n) is 7.05. The van der Waals surface area contributed by atoms with Crippen LogP contribution in [0, 0.1) is 6.92 Å². The molecule has 0 atom stereocenters. The SMILES string of the molecule is Cc1ccc(N(C(=O)c2cc(C3CC3)no2)C2CCCCC2)nc1. The molecule has 5 heteroatoms. The van der Waals surface area contributed by atoms with E-state index in [9.17, 15) is 4.79 Å². The van der Waals surface area contributed by atoms with E-state index < -0.39 is 0 Å². The number of amides is 1. The molecule has 0 aromatic carbocycles. The first-order valence-electron chi connectivity index (χ1n) is 8.95. The number of hydrogen-bond donors (Lipinski definition) is 0. The van der Waals surface area contributed by atoms with Gasteiger partial charge in [0.1, 0.15) is 5.82 Å². The van der Waals surface area contributed by atoms with Crippen LogP contribution in [0.25, 0.3) is 0 Å². The molecule has 2 aromatic heterocycles. The Bertz CT molecular complexity index is 712. The van der Waals surface area contributed by atoms with Gasteiger partial charge in [-0.05, 0) is 44.2 Å². The van der Waals surface area contributed by atoms with Gasteiger partial charge < -0.3 is 4.52 Å². The lowest BCUT2D eigenvalue weighted by Crippen LogP contribution is -2.42. The van der Waals surface area contributed by atoms with Crippen molar-refractivity contribution in [1.29, 1.82) is 0 Å². The Morgan fingerprint density at radius 2 is 1.96 bits per heavy atom. The normalized spacial score (nSPS) is 18.5. The molecule has 126 valence electrons. The summed E-state index contributed by atoms with van der Waals surface area (Å²) in [6.45, 7) is 2.00. The van der Waals surface area contributed by atoms with E-state index in [0.29, 0.717) is 17.5 Å². The van der Waals surface area contributed by atoms with Gasteiger partial charge in [-0.2, -0.15) is 0 Å². The lowest BCUT2D eigenvalue weighted by Gasteiger charge is -2.32. The van der Waals surface area contributed by atoms with Crippen molar-refractivity contribution < 1.29 is 9.32 Å². The Morgan fingerprint density at radius 3 is 2.62 bits per heavy atom. The van der Waals surface area contributed by atoms with Gasteiger partial charge in [0.05, 0.1) is 5.69 Å². The number of aryl methyl sites for hydroxylation is 1. The molecule has 5 nitrogen and oxygen atoms in total. The van der Waals surface area contributed by atoms with Crippen LogP contribution >= 0.6 is 0 Å². The minimum atomic E-state index is -0.113. The van der Waals surface area contributed by atoms with Crippen molar-refractivity contribution >= 4 is 11.7 Å². The summed E-state index contributed by atoms with van der Waals surface area (Å²) in [6, 6.07) is 5.95. The molecule has 1 amide bonds. The Balaban J connectivity index is 1.64. The molecule has 2 aliphatic rings. The molecule has 2 saturated carbocycles. The summed E-state index contributed by atoms with van der Waals surface area (Å²) >= 11 is 0. The van der Waals surface area contributed by atoms with Crippen molar-refractivity contribution in [3.63, 3.8) is 0 Å². The first-order valence-corrected chi connectivity index (χ1v) is 8.95. The Hall–Kier alpha value is -2.17. The molecule has 2 fully saturated rings. The van der Waals surface area contributed by atoms with Gasteiger partial charge in [-0.15, -0.1) is 0 Å². The van der Waals surface area contributed by atoms with Gasteiger partial charge in [-0.25, -0.2) is 4.98 Å². The molecule has 0 aliphatic heterocycles. The molecule has 0 spiro atoms. The average molecular weight is 325 g/mol. The van der Waals surface area contributed by atoms with Crippen LogP contribution < -0.4 is 4.90 Å². The third-order valence-electron chi connectivity index (χ3n) is 5.04. The van der Waals surface area contributed by atoms with Crippen molar-refractivity contribution in [2.75, 3.05) is 4.90 Å². The van der Waals surface area contributed by atoms with E-state index in [4.69, 9.17) is 4.52 Å². The summed E-state index contributed by atoms with van der Waals surface area (Å²) in [5.41, 5.74) is 2.00. The van der Waals surface area contributed by atoms with Crippen LogP contribution in [0.2, 0.25) is 0 Å². The van der Waals surface area contributed by atoms with Gasteiger partial charge in [0.25, 0.3) is 5.91 Å². The summed E-state index contributed by atoms with van der Waals surface area (Å²) in [4.78, 5) is 19.5. The van der Waals surface area contributed by atoms with Crippen molar-refractivity contribution in [2.45, 2.75) is 63.8 Å². The molecule has 24 heavy (non-hydrogen) atoms. The Morgan fingerprint density at radius 1 is 1.17 bits per heavy atom. The second kappa shape index (κ2) is 6.38. The van der Waals surface area contributed by atoms with Gasteiger partial charge >= 0.3 is 0 Å². The molecule has 2 heterocycles. The molecule has 0 saturated heterocycles. The Labute approximate surface area is 142 Å². The third-order valence-corrected chi connectivity index (χ3v) is 5.04. The molecular weight excluding hydrogens is 302 g/mol. The zero-order valence-corrected chi connectivity index (χ0v) is 14.1. The molecular formula is C19H23N3O2. The molecule has 0 bridgehead atoms. The smallest absolute Gasteiger partial charge is 0.298 e. The van der Waals surface area contributed by atoms with E-state index >= 15 is 0 Å². The first kappa shape index (κ1) is 15.4. The predicted molar refractivity (Wildman–Crippen MR) is 91.1 cm³/mol. The van der Waals surface area contributed by atoms with Crippen molar-refractivity contribution in [3.05, 3.63) is 41.4 Å². The number of hydrogen-bond acceptors (Lipinski definition) is 4. The molecule has 0 unspecified atom stereocenters. The fourth-order valence-electron chi connectivity index (χ4n) is 3.48. The van der Waals surface area contributed by atoms with Gasteiger partial charge in [0.15, 0.2) is 0 Å². The summed E-state index contributed by atoms with van der Waals surface area (Å²) < 4.78 is 5.38. The zero-order chi connectivity index (χ0) is 16.5. The number of anilines is 1. The van der Waals surface area contributed by atoms with Crippen molar-refractivity contribution in [1.82, 2.24) is 10.1 Å². The number of carbonyl (C=O) groups excluding carboxylic acids is 1. The fourth-order valence-corrected chi connectivity index (χ4v) is 3.48. The maximum absolute atomic E-state index is 13.1. The first-order chi connectivity index (χ1) is 11.7. The van der Waals surface area contributed by atoms with E-state index in [1.54, 1.807) is 0 Å². The van der Waals surface area contributed by atoms with Crippen molar-refractivity contribution in [3.8, 4) is 0 Å². The van der Waals surface area contributed by atoms with Crippen LogP contribution in [0.5, 0.6) is 0 Å². The molecule has 2 aliphatic carbocycles. The third kappa shape index (κ3) is 3.07. The van der Waals surface area contributed by atoms with Crippen molar-refractivity contribution in [2.24, 2.45) is 0 Å². The zero-order valence-electron chi connectivity index (χ0n) is 14.1. The standard InChI is InChI=1S/C19H23N3O2/c1-13-7-10-18(20-12-13)22(15-5-3-2-4-6-15)19(23)17-11-16(21-24-17)14-8-9-14/h7,10-12,14-15H,2-6,8-9H2,1H3. The van der Waals surface area contributed by atoms with E-state index in [1.165, 1.54) is 6.42 Å². The number of rotatable bonds is 4. The summed E-state index contributed by atoms with van der Waals surface area (Å²) in [5.74, 6) is 1.42. The van der Waals surface area contributed by atoms with Crippen LogP contribution in [0.15, 0.2) is 28.9 Å². The van der Waals surface area contributed by atoms with Gasteiger partial charge in [-0.1, -0.05) is 30.5 Å². The van der Waals surface area contributed by atoms with Crippen LogP contribution in [0.4, 0.5) is 5.82 Å². The van der Waals surface area contributed by atoms with Gasteiger partial charge in [-0.3, -0.25) is 9.69 Å². The second-order valence-corrected chi connectivity index (χ2v) is 7.05. The van der Waals surface area contributed by atoms with Crippen LogP contribution in [-0.2, 0) is 0 Å². The summed E-state index contributed by atoms with van der Waals surface area (Å²) in [6.07, 6.45) is 9.70. The van der Waals surface area contributed by atoms with E-state index in [2.05, 4.69) is 10.1 Å². The van der Waals surface area contributed by atoms with Crippen LogP contribution in [0.3, 0.4) is 0 Å². The lowest BCUT2D eigenvalue weighted by molar-refractivity contribution is 0.0933. The minimum Gasteiger partial charge on any atom is -0.351 e. The number of carbonyl (C=O) groups is 1. The summed E-state index contributed by atoms with van der Waals surface area (Å²) in [5, 5.41) is 4.09. The molecule has 4 rings (SSSR count). The average Bonchev–Trinajstić information content (AvgIpc) is 3.35. The van der Waals surface area contributed by atoms with Gasteiger partial charge in [0.2, 0.25) is 5.76 Å². The lowest BCUT2D eigenvalue weighted by atomic mass is 9.94. The maximum Gasteiger partial charge on any atom is 0.298 e. The van der Waals surface area contributed by atoms with E-state index in [-0.39, 0.29) is 11.9 Å². The number of pyridine rings is 1. The fraction of sp³-hybridized carbons (Fsp3) is 0.526. The topological polar surface area (TPSA) is 59.2 Å². The highest BCUT2D eigenvalue weighted by molar-refractivity contribution is 6.04. The minimum absolute atomic E-state index is 0.113. The van der Waals surface area contributed by atoms with Crippen LogP contribution in [0.1, 0.15) is 72.7 Å². The maximum atomic E-state index is 13.1. The Kier molecular flexibility index (Phi) is 4.08. The van der Waals surface area contributed by atoms with Crippen LogP contribution in [-0.4, -0.2) is 22.1 Å². The highest BCUT2D eigenvalue weighted by Crippen LogP contribution is 2.39. The highest BCUT2D eigenvalue weighted by Gasteiger charge is 2.33. The van der Waals surface area contributed by atoms with Gasteiger partial charge in [0, 0.05) is 24.2 Å². The number of aromatic nitrogens is 2. The molecule has 0 N–H and O–H groups in total. The predicted octanol–water partition coefficient (Wildman–Crippen LogP) is 4.23. The highest BCUT2D eigenvalue weighted by atomic mass is 16.5. The molecule has 2 aromatic rings. The molecule has 0 radical (unpaired) electrons. The number of nitrogens with zero attached hydrogens (tertiary/aromatic N) is 3. The van der Waals surface area contributed by atoms with E-state index in [0.717, 1.165) is 49.8 Å². The summed E-state index contributed by atoms with van der Waals surface area (Å²) in [7, 11) is 0.